The van der Waals surface area contributed by atoms with Gasteiger partial charge in [-0.15, -0.1) is 0 Å². The molecule has 3 amide bonds. The van der Waals surface area contributed by atoms with Gasteiger partial charge in [-0.05, 0) is 12.8 Å². The van der Waals surface area contributed by atoms with Crippen molar-refractivity contribution in [2.75, 3.05) is 45.9 Å². The molecule has 1 atom stereocenters. The Morgan fingerprint density at radius 3 is 2.79 bits per heavy atom. The number of rotatable bonds is 4. The maximum atomic E-state index is 12.5. The summed E-state index contributed by atoms with van der Waals surface area (Å²) >= 11 is 0. The van der Waals surface area contributed by atoms with E-state index in [1.807, 2.05) is 4.90 Å². The lowest BCUT2D eigenvalue weighted by Crippen LogP contribution is -2.56. The summed E-state index contributed by atoms with van der Waals surface area (Å²) in [5.41, 5.74) is 0. The van der Waals surface area contributed by atoms with Crippen molar-refractivity contribution in [2.45, 2.75) is 37.8 Å². The van der Waals surface area contributed by atoms with Gasteiger partial charge >= 0.3 is 0 Å². The fourth-order valence-electron chi connectivity index (χ4n) is 3.52. The number of carbonyl (C=O) groups excluding carboxylic acids is 3. The molecule has 2 heterocycles. The number of nitrogens with one attached hydrogen (secondary N) is 2. The van der Waals surface area contributed by atoms with Crippen LogP contribution in [0.5, 0.6) is 0 Å². The van der Waals surface area contributed by atoms with Crippen molar-refractivity contribution in [1.29, 1.82) is 0 Å². The van der Waals surface area contributed by atoms with E-state index in [4.69, 9.17) is 4.74 Å². The summed E-state index contributed by atoms with van der Waals surface area (Å²) in [5.74, 6) is -0.215. The zero-order valence-corrected chi connectivity index (χ0v) is 14.0. The van der Waals surface area contributed by atoms with Crippen LogP contribution in [0.15, 0.2) is 0 Å². The summed E-state index contributed by atoms with van der Waals surface area (Å²) in [5, 5.41) is 5.77. The van der Waals surface area contributed by atoms with Crippen LogP contribution < -0.4 is 10.6 Å². The molecule has 2 saturated heterocycles. The van der Waals surface area contributed by atoms with Gasteiger partial charge in [0, 0.05) is 25.7 Å². The van der Waals surface area contributed by atoms with E-state index in [1.54, 1.807) is 4.90 Å². The summed E-state index contributed by atoms with van der Waals surface area (Å²) in [6.07, 6.45) is 3.78. The zero-order valence-electron chi connectivity index (χ0n) is 14.0. The molecule has 24 heavy (non-hydrogen) atoms. The third-order valence-electron chi connectivity index (χ3n) is 4.89. The third-order valence-corrected chi connectivity index (χ3v) is 4.89. The molecule has 3 aliphatic rings. The van der Waals surface area contributed by atoms with Crippen molar-refractivity contribution >= 4 is 17.7 Å². The Balaban J connectivity index is 1.47. The number of hydrogen-bond donors (Lipinski definition) is 2. The summed E-state index contributed by atoms with van der Waals surface area (Å²) in [6.45, 7) is 2.86. The molecule has 0 bridgehead atoms. The van der Waals surface area contributed by atoms with E-state index in [1.165, 1.54) is 0 Å². The highest BCUT2D eigenvalue weighted by Crippen LogP contribution is 2.18. The quantitative estimate of drug-likeness (QED) is 0.665. The predicted molar refractivity (Wildman–Crippen MR) is 86.2 cm³/mol. The fourth-order valence-corrected chi connectivity index (χ4v) is 3.52. The zero-order chi connectivity index (χ0) is 16.9. The number of amides is 3. The molecule has 2 aliphatic heterocycles. The molecule has 0 spiro atoms. The molecule has 1 aliphatic carbocycles. The highest BCUT2D eigenvalue weighted by molar-refractivity contribution is 5.84. The van der Waals surface area contributed by atoms with E-state index < -0.39 is 6.10 Å². The monoisotopic (exact) mass is 338 g/mol. The van der Waals surface area contributed by atoms with E-state index in [9.17, 15) is 14.4 Å². The molecule has 3 fully saturated rings. The molecule has 0 aromatic rings. The van der Waals surface area contributed by atoms with Crippen LogP contribution in [0.25, 0.3) is 0 Å². The van der Waals surface area contributed by atoms with Gasteiger partial charge in [0.05, 0.1) is 26.2 Å². The number of nitrogens with zero attached hydrogens (tertiary/aromatic N) is 2. The molecule has 134 valence electrons. The van der Waals surface area contributed by atoms with Crippen LogP contribution in [0, 0.1) is 0 Å². The van der Waals surface area contributed by atoms with Gasteiger partial charge in [0.1, 0.15) is 0 Å². The van der Waals surface area contributed by atoms with E-state index in [-0.39, 0.29) is 43.4 Å². The van der Waals surface area contributed by atoms with E-state index >= 15 is 0 Å². The first-order chi connectivity index (χ1) is 11.6. The van der Waals surface area contributed by atoms with Gasteiger partial charge in [-0.3, -0.25) is 19.3 Å². The molecular weight excluding hydrogens is 312 g/mol. The lowest BCUT2D eigenvalue weighted by atomic mass is 10.2. The number of hydrogen-bond acceptors (Lipinski definition) is 5. The first-order valence-electron chi connectivity index (χ1n) is 8.80. The average molecular weight is 338 g/mol. The molecule has 8 nitrogen and oxygen atoms in total. The van der Waals surface area contributed by atoms with Crippen LogP contribution in [-0.4, -0.2) is 85.5 Å². The van der Waals surface area contributed by atoms with E-state index in [2.05, 4.69) is 10.6 Å². The van der Waals surface area contributed by atoms with Crippen molar-refractivity contribution in [3.8, 4) is 0 Å². The van der Waals surface area contributed by atoms with E-state index in [0.717, 1.165) is 25.7 Å². The van der Waals surface area contributed by atoms with Crippen LogP contribution >= 0.6 is 0 Å². The fraction of sp³-hybridized carbons (Fsp3) is 0.812. The van der Waals surface area contributed by atoms with Crippen LogP contribution in [-0.2, 0) is 19.1 Å². The maximum Gasteiger partial charge on any atom is 0.251 e. The SMILES string of the molecule is O=C1CN(CC(=O)N2CCO[C@@H](C(=O)NC3CCCC3)C2)CCN1. The topological polar surface area (TPSA) is 91.0 Å². The summed E-state index contributed by atoms with van der Waals surface area (Å²) in [6, 6.07) is 0.249. The lowest BCUT2D eigenvalue weighted by Gasteiger charge is -2.34. The first kappa shape index (κ1) is 17.2. The number of piperazine rings is 1. The molecule has 2 N–H and O–H groups in total. The molecule has 3 rings (SSSR count). The van der Waals surface area contributed by atoms with Gasteiger partial charge in [0.25, 0.3) is 5.91 Å². The van der Waals surface area contributed by atoms with Gasteiger partial charge in [0.2, 0.25) is 11.8 Å². The smallest absolute Gasteiger partial charge is 0.251 e. The minimum Gasteiger partial charge on any atom is -0.365 e. The Bertz CT molecular complexity index is 492. The molecule has 0 unspecified atom stereocenters. The van der Waals surface area contributed by atoms with Gasteiger partial charge in [0.15, 0.2) is 6.10 Å². The third kappa shape index (κ3) is 4.45. The molecule has 1 saturated carbocycles. The van der Waals surface area contributed by atoms with Gasteiger partial charge in [-0.2, -0.15) is 0 Å². The van der Waals surface area contributed by atoms with Crippen molar-refractivity contribution < 1.29 is 19.1 Å². The van der Waals surface area contributed by atoms with E-state index in [0.29, 0.717) is 26.2 Å². The summed E-state index contributed by atoms with van der Waals surface area (Å²) in [4.78, 5) is 39.7. The van der Waals surface area contributed by atoms with Crippen LogP contribution in [0.1, 0.15) is 25.7 Å². The Morgan fingerprint density at radius 2 is 2.04 bits per heavy atom. The van der Waals surface area contributed by atoms with Gasteiger partial charge < -0.3 is 20.3 Å². The normalized spacial score (nSPS) is 26.2. The molecule has 0 radical (unpaired) electrons. The van der Waals surface area contributed by atoms with Gasteiger partial charge in [-0.1, -0.05) is 12.8 Å². The largest absolute Gasteiger partial charge is 0.365 e. The van der Waals surface area contributed by atoms with Crippen molar-refractivity contribution in [2.24, 2.45) is 0 Å². The van der Waals surface area contributed by atoms with Crippen LogP contribution in [0.3, 0.4) is 0 Å². The highest BCUT2D eigenvalue weighted by atomic mass is 16.5. The molecule has 8 heteroatoms. The Kier molecular flexibility index (Phi) is 5.68. The molecular formula is C16H26N4O4. The van der Waals surface area contributed by atoms with Crippen molar-refractivity contribution in [1.82, 2.24) is 20.4 Å². The van der Waals surface area contributed by atoms with Crippen molar-refractivity contribution in [3.05, 3.63) is 0 Å². The minimum absolute atomic E-state index is 0.0494. The Labute approximate surface area is 141 Å². The average Bonchev–Trinajstić information content (AvgIpc) is 3.08. The first-order valence-corrected chi connectivity index (χ1v) is 8.80. The lowest BCUT2D eigenvalue weighted by molar-refractivity contribution is -0.148. The second-order valence-corrected chi connectivity index (χ2v) is 6.75. The van der Waals surface area contributed by atoms with Gasteiger partial charge in [-0.25, -0.2) is 0 Å². The highest BCUT2D eigenvalue weighted by Gasteiger charge is 2.31. The Hall–Kier alpha value is -1.67. The number of carbonyl (C=O) groups is 3. The predicted octanol–water partition coefficient (Wildman–Crippen LogP) is -1.30. The summed E-state index contributed by atoms with van der Waals surface area (Å²) < 4.78 is 5.55. The number of ether oxygens (including phenoxy) is 1. The summed E-state index contributed by atoms with van der Waals surface area (Å²) in [7, 11) is 0. The van der Waals surface area contributed by atoms with Crippen LogP contribution in [0.4, 0.5) is 0 Å². The maximum absolute atomic E-state index is 12.5. The van der Waals surface area contributed by atoms with Crippen LogP contribution in [0.2, 0.25) is 0 Å². The minimum atomic E-state index is -0.590. The standard InChI is InChI=1S/C16H26N4O4/c21-14-10-19(6-5-17-14)11-15(22)20-7-8-24-13(9-20)16(23)18-12-3-1-2-4-12/h12-13H,1-11H2,(H,17,21)(H,18,23)/t13-/m1/s1. The second-order valence-electron chi connectivity index (χ2n) is 6.75. The Morgan fingerprint density at radius 1 is 1.25 bits per heavy atom. The number of morpholine rings is 1. The molecule has 0 aromatic carbocycles. The molecule has 0 aromatic heterocycles. The van der Waals surface area contributed by atoms with Crippen molar-refractivity contribution in [3.63, 3.8) is 0 Å². The second kappa shape index (κ2) is 7.94.